The molecule has 0 aliphatic heterocycles. The number of carboxylic acids is 1. The molecule has 5 nitrogen and oxygen atoms in total. The van der Waals surface area contributed by atoms with E-state index in [0.717, 1.165) is 10.8 Å². The van der Waals surface area contributed by atoms with Crippen LogP contribution in [0.4, 0.5) is 0 Å². The molecule has 0 fully saturated rings. The lowest BCUT2D eigenvalue weighted by Gasteiger charge is -2.12. The van der Waals surface area contributed by atoms with Crippen LogP contribution in [0.2, 0.25) is 0 Å². The molecular weight excluding hydrogens is 248 g/mol. The summed E-state index contributed by atoms with van der Waals surface area (Å²) in [7, 11) is 4.57. The minimum absolute atomic E-state index is 0.163. The number of hydrogen-bond donors (Lipinski definition) is 1. The number of fused-ring (bicyclic) bond motifs is 1. The van der Waals surface area contributed by atoms with Gasteiger partial charge in [0, 0.05) is 5.39 Å². The first-order valence-electron chi connectivity index (χ1n) is 5.57. The molecule has 0 unspecified atom stereocenters. The Kier molecular flexibility index (Phi) is 3.46. The van der Waals surface area contributed by atoms with Gasteiger partial charge in [-0.3, -0.25) is 0 Å². The van der Waals surface area contributed by atoms with E-state index in [4.69, 9.17) is 19.3 Å². The number of carbonyl (C=O) groups is 1. The van der Waals surface area contributed by atoms with Crippen molar-refractivity contribution >= 4 is 16.7 Å². The number of carboxylic acid groups (broad SMARTS) is 1. The SMILES string of the molecule is COc1cc2cc(C(=O)O)cc(OC)c2cc1OC. The largest absolute Gasteiger partial charge is 0.496 e. The average Bonchev–Trinajstić information content (AvgIpc) is 2.44. The number of benzene rings is 2. The van der Waals surface area contributed by atoms with E-state index in [0.29, 0.717) is 17.2 Å². The van der Waals surface area contributed by atoms with Crippen molar-refractivity contribution in [2.24, 2.45) is 0 Å². The van der Waals surface area contributed by atoms with Crippen molar-refractivity contribution in [2.75, 3.05) is 21.3 Å². The molecule has 0 bridgehead atoms. The van der Waals surface area contributed by atoms with Gasteiger partial charge >= 0.3 is 5.97 Å². The van der Waals surface area contributed by atoms with Crippen LogP contribution in [-0.2, 0) is 0 Å². The maximum atomic E-state index is 11.1. The first-order chi connectivity index (χ1) is 9.10. The standard InChI is InChI=1S/C14H14O5/c1-17-11-6-9(14(15)16)4-8-5-12(18-2)13(19-3)7-10(8)11/h4-7H,1-3H3,(H,15,16). The van der Waals surface area contributed by atoms with Crippen LogP contribution in [-0.4, -0.2) is 32.4 Å². The molecule has 0 heterocycles. The molecule has 0 aromatic heterocycles. The van der Waals surface area contributed by atoms with Crippen LogP contribution in [0.1, 0.15) is 10.4 Å². The Morgan fingerprint density at radius 3 is 2.00 bits per heavy atom. The Labute approximate surface area is 110 Å². The third-order valence-corrected chi connectivity index (χ3v) is 2.89. The van der Waals surface area contributed by atoms with Crippen molar-refractivity contribution < 1.29 is 24.1 Å². The lowest BCUT2D eigenvalue weighted by atomic mass is 10.0. The fourth-order valence-electron chi connectivity index (χ4n) is 1.95. The molecule has 19 heavy (non-hydrogen) atoms. The van der Waals surface area contributed by atoms with E-state index in [1.807, 2.05) is 0 Å². The van der Waals surface area contributed by atoms with Crippen LogP contribution >= 0.6 is 0 Å². The van der Waals surface area contributed by atoms with Gasteiger partial charge in [0.05, 0.1) is 26.9 Å². The average molecular weight is 262 g/mol. The van der Waals surface area contributed by atoms with Crippen molar-refractivity contribution in [3.8, 4) is 17.2 Å². The number of rotatable bonds is 4. The van der Waals surface area contributed by atoms with Gasteiger partial charge in [-0.2, -0.15) is 0 Å². The van der Waals surface area contributed by atoms with E-state index in [9.17, 15) is 4.79 Å². The van der Waals surface area contributed by atoms with Crippen molar-refractivity contribution in [2.45, 2.75) is 0 Å². The fraction of sp³-hybridized carbons (Fsp3) is 0.214. The van der Waals surface area contributed by atoms with Gasteiger partial charge in [0.25, 0.3) is 0 Å². The van der Waals surface area contributed by atoms with Crippen LogP contribution < -0.4 is 14.2 Å². The van der Waals surface area contributed by atoms with Gasteiger partial charge in [0.1, 0.15) is 5.75 Å². The zero-order valence-corrected chi connectivity index (χ0v) is 10.9. The number of hydrogen-bond acceptors (Lipinski definition) is 4. The predicted molar refractivity (Wildman–Crippen MR) is 70.6 cm³/mol. The number of ether oxygens (including phenoxy) is 3. The summed E-state index contributed by atoms with van der Waals surface area (Å²) in [6, 6.07) is 6.54. The summed E-state index contributed by atoms with van der Waals surface area (Å²) in [6.07, 6.45) is 0. The van der Waals surface area contributed by atoms with Gasteiger partial charge in [-0.25, -0.2) is 4.79 Å². The summed E-state index contributed by atoms with van der Waals surface area (Å²) in [5.74, 6) is 0.585. The molecular formula is C14H14O5. The highest BCUT2D eigenvalue weighted by Gasteiger charge is 2.13. The lowest BCUT2D eigenvalue weighted by Crippen LogP contribution is -1.98. The van der Waals surface area contributed by atoms with E-state index < -0.39 is 5.97 Å². The normalized spacial score (nSPS) is 10.3. The maximum absolute atomic E-state index is 11.1. The molecule has 0 aliphatic rings. The highest BCUT2D eigenvalue weighted by Crippen LogP contribution is 2.37. The van der Waals surface area contributed by atoms with E-state index in [1.54, 1.807) is 25.3 Å². The van der Waals surface area contributed by atoms with Crippen molar-refractivity contribution in [3.63, 3.8) is 0 Å². The number of methoxy groups -OCH3 is 3. The molecule has 100 valence electrons. The second-order valence-corrected chi connectivity index (χ2v) is 3.91. The summed E-state index contributed by atoms with van der Waals surface area (Å²) >= 11 is 0. The molecule has 2 aromatic carbocycles. The maximum Gasteiger partial charge on any atom is 0.335 e. The highest BCUT2D eigenvalue weighted by atomic mass is 16.5. The van der Waals surface area contributed by atoms with Gasteiger partial charge in [0.2, 0.25) is 0 Å². The zero-order valence-electron chi connectivity index (χ0n) is 10.9. The fourth-order valence-corrected chi connectivity index (χ4v) is 1.95. The predicted octanol–water partition coefficient (Wildman–Crippen LogP) is 2.56. The van der Waals surface area contributed by atoms with Crippen molar-refractivity contribution in [1.29, 1.82) is 0 Å². The van der Waals surface area contributed by atoms with Gasteiger partial charge in [-0.15, -0.1) is 0 Å². The van der Waals surface area contributed by atoms with Gasteiger partial charge < -0.3 is 19.3 Å². The lowest BCUT2D eigenvalue weighted by molar-refractivity contribution is 0.0696. The Balaban J connectivity index is 2.78. The molecule has 0 radical (unpaired) electrons. The molecule has 0 aliphatic carbocycles. The van der Waals surface area contributed by atoms with Gasteiger partial charge in [-0.05, 0) is 29.7 Å². The third-order valence-electron chi connectivity index (χ3n) is 2.89. The first kappa shape index (κ1) is 13.0. The quantitative estimate of drug-likeness (QED) is 0.917. The second-order valence-electron chi connectivity index (χ2n) is 3.91. The van der Waals surface area contributed by atoms with Crippen LogP contribution in [0, 0.1) is 0 Å². The van der Waals surface area contributed by atoms with Crippen LogP contribution in [0.3, 0.4) is 0 Å². The van der Waals surface area contributed by atoms with E-state index in [-0.39, 0.29) is 5.56 Å². The Morgan fingerprint density at radius 2 is 1.47 bits per heavy atom. The van der Waals surface area contributed by atoms with Gasteiger partial charge in [0.15, 0.2) is 11.5 Å². The van der Waals surface area contributed by atoms with Crippen molar-refractivity contribution in [3.05, 3.63) is 29.8 Å². The molecule has 0 atom stereocenters. The summed E-state index contributed by atoms with van der Waals surface area (Å²) < 4.78 is 15.7. The Bertz CT molecular complexity index is 633. The van der Waals surface area contributed by atoms with E-state index in [1.165, 1.54) is 20.3 Å². The number of aromatic carboxylic acids is 1. The topological polar surface area (TPSA) is 65.0 Å². The molecule has 2 rings (SSSR count). The molecule has 0 saturated heterocycles. The highest BCUT2D eigenvalue weighted by molar-refractivity contribution is 5.98. The smallest absolute Gasteiger partial charge is 0.335 e. The molecule has 0 spiro atoms. The zero-order chi connectivity index (χ0) is 14.0. The summed E-state index contributed by atoms with van der Waals surface area (Å²) in [6.45, 7) is 0. The summed E-state index contributed by atoms with van der Waals surface area (Å²) in [5.41, 5.74) is 0.163. The van der Waals surface area contributed by atoms with Gasteiger partial charge in [-0.1, -0.05) is 0 Å². The minimum Gasteiger partial charge on any atom is -0.496 e. The molecule has 2 aromatic rings. The van der Waals surface area contributed by atoms with E-state index in [2.05, 4.69) is 0 Å². The molecule has 1 N–H and O–H groups in total. The Morgan fingerprint density at radius 1 is 0.895 bits per heavy atom. The van der Waals surface area contributed by atoms with Crippen molar-refractivity contribution in [1.82, 2.24) is 0 Å². The van der Waals surface area contributed by atoms with Crippen LogP contribution in [0.25, 0.3) is 10.8 Å². The monoisotopic (exact) mass is 262 g/mol. The third kappa shape index (κ3) is 2.27. The molecule has 0 amide bonds. The summed E-state index contributed by atoms with van der Waals surface area (Å²) in [5, 5.41) is 10.6. The van der Waals surface area contributed by atoms with Crippen LogP contribution in [0.5, 0.6) is 17.2 Å². The minimum atomic E-state index is -1.00. The first-order valence-corrected chi connectivity index (χ1v) is 5.57. The Hall–Kier alpha value is -2.43. The second kappa shape index (κ2) is 5.06. The summed E-state index contributed by atoms with van der Waals surface area (Å²) in [4.78, 5) is 11.1. The molecule has 0 saturated carbocycles. The van der Waals surface area contributed by atoms with Crippen LogP contribution in [0.15, 0.2) is 24.3 Å². The molecule has 5 heteroatoms. The van der Waals surface area contributed by atoms with E-state index >= 15 is 0 Å².